The number of rotatable bonds is 6. The van der Waals surface area contributed by atoms with Crippen molar-refractivity contribution in [3.63, 3.8) is 0 Å². The summed E-state index contributed by atoms with van der Waals surface area (Å²) in [5, 5.41) is 0. The number of nitrogens with zero attached hydrogens (tertiary/aromatic N) is 3. The molecule has 0 unspecified atom stereocenters. The molecule has 3 rings (SSSR count). The molecule has 0 N–H and O–H groups in total. The smallest absolute Gasteiger partial charge is 0.253 e. The Morgan fingerprint density at radius 1 is 0.962 bits per heavy atom. The van der Waals surface area contributed by atoms with Gasteiger partial charge in [0.2, 0.25) is 5.91 Å². The Labute approximate surface area is 152 Å². The molecule has 132 valence electrons. The quantitative estimate of drug-likeness (QED) is 0.689. The van der Waals surface area contributed by atoms with E-state index in [9.17, 15) is 9.59 Å². The van der Waals surface area contributed by atoms with Gasteiger partial charge in [0.1, 0.15) is 6.54 Å². The topological polar surface area (TPSA) is 55.2 Å². The minimum atomic E-state index is -0.217. The molecule has 0 aliphatic heterocycles. The molecule has 2 aromatic carbocycles. The van der Waals surface area contributed by atoms with E-state index in [1.165, 1.54) is 17.0 Å². The Bertz CT molecular complexity index is 879. The van der Waals surface area contributed by atoms with Gasteiger partial charge in [-0.1, -0.05) is 60.7 Å². The van der Waals surface area contributed by atoms with E-state index in [1.54, 1.807) is 11.8 Å². The van der Waals surface area contributed by atoms with Crippen LogP contribution in [0.5, 0.6) is 0 Å². The number of carbonyl (C=O) groups excluding carboxylic acids is 1. The van der Waals surface area contributed by atoms with Crippen LogP contribution in [-0.2, 0) is 24.4 Å². The molecule has 0 aliphatic carbocycles. The van der Waals surface area contributed by atoms with Crippen molar-refractivity contribution in [3.05, 3.63) is 100 Å². The molecule has 0 atom stereocenters. The standard InChI is InChI=1S/C21H21N3O2/c1-17-12-20(25)24(16-22-17)15-21(26)23(13-18-8-4-2-5-9-18)14-19-10-6-3-7-11-19/h2-12,16H,13-15H2,1H3. The summed E-state index contributed by atoms with van der Waals surface area (Å²) in [5.74, 6) is -0.120. The Morgan fingerprint density at radius 2 is 1.50 bits per heavy atom. The maximum Gasteiger partial charge on any atom is 0.253 e. The number of carbonyl (C=O) groups is 1. The summed E-state index contributed by atoms with van der Waals surface area (Å²) in [4.78, 5) is 30.8. The van der Waals surface area contributed by atoms with Gasteiger partial charge in [-0.2, -0.15) is 0 Å². The number of aryl methyl sites for hydroxylation is 1. The summed E-state index contributed by atoms with van der Waals surface area (Å²) in [6, 6.07) is 21.1. The zero-order valence-corrected chi connectivity index (χ0v) is 14.7. The second kappa shape index (κ2) is 8.25. The summed E-state index contributed by atoms with van der Waals surface area (Å²) >= 11 is 0. The molecule has 26 heavy (non-hydrogen) atoms. The SMILES string of the molecule is Cc1cc(=O)n(CC(=O)N(Cc2ccccc2)Cc2ccccc2)cn1. The fraction of sp³-hybridized carbons (Fsp3) is 0.190. The normalized spacial score (nSPS) is 10.5. The van der Waals surface area contributed by atoms with Crippen LogP contribution in [0.3, 0.4) is 0 Å². The molecule has 0 aliphatic rings. The van der Waals surface area contributed by atoms with Crippen LogP contribution in [-0.4, -0.2) is 20.4 Å². The van der Waals surface area contributed by atoms with Gasteiger partial charge in [0.15, 0.2) is 0 Å². The lowest BCUT2D eigenvalue weighted by Crippen LogP contribution is -2.35. The van der Waals surface area contributed by atoms with Crippen LogP contribution in [0.15, 0.2) is 77.9 Å². The van der Waals surface area contributed by atoms with Crippen molar-refractivity contribution in [2.75, 3.05) is 0 Å². The second-order valence-corrected chi connectivity index (χ2v) is 6.22. The maximum absolute atomic E-state index is 12.9. The van der Waals surface area contributed by atoms with Gasteiger partial charge >= 0.3 is 0 Å². The van der Waals surface area contributed by atoms with E-state index in [4.69, 9.17) is 0 Å². The highest BCUT2D eigenvalue weighted by molar-refractivity contribution is 5.76. The van der Waals surface area contributed by atoms with E-state index >= 15 is 0 Å². The lowest BCUT2D eigenvalue weighted by Gasteiger charge is -2.23. The Kier molecular flexibility index (Phi) is 5.59. The second-order valence-electron chi connectivity index (χ2n) is 6.22. The van der Waals surface area contributed by atoms with Gasteiger partial charge < -0.3 is 4.90 Å². The third kappa shape index (κ3) is 4.66. The summed E-state index contributed by atoms with van der Waals surface area (Å²) in [6.45, 7) is 2.71. The minimum Gasteiger partial charge on any atom is -0.332 e. The van der Waals surface area contributed by atoms with Crippen molar-refractivity contribution in [2.24, 2.45) is 0 Å². The first-order valence-electron chi connectivity index (χ1n) is 8.50. The number of hydrogen-bond acceptors (Lipinski definition) is 3. The molecule has 0 saturated heterocycles. The maximum atomic E-state index is 12.9. The average molecular weight is 347 g/mol. The Morgan fingerprint density at radius 3 is 2.00 bits per heavy atom. The van der Waals surface area contributed by atoms with Crippen LogP contribution in [0.1, 0.15) is 16.8 Å². The van der Waals surface area contributed by atoms with Crippen molar-refractivity contribution < 1.29 is 4.79 Å². The average Bonchev–Trinajstić information content (AvgIpc) is 2.65. The van der Waals surface area contributed by atoms with E-state index in [0.717, 1.165) is 11.1 Å². The fourth-order valence-corrected chi connectivity index (χ4v) is 2.72. The van der Waals surface area contributed by atoms with E-state index in [-0.39, 0.29) is 18.0 Å². The molecule has 1 aromatic heterocycles. The van der Waals surface area contributed by atoms with Crippen molar-refractivity contribution in [1.29, 1.82) is 0 Å². The number of amides is 1. The van der Waals surface area contributed by atoms with Crippen LogP contribution >= 0.6 is 0 Å². The lowest BCUT2D eigenvalue weighted by atomic mass is 10.1. The summed E-state index contributed by atoms with van der Waals surface area (Å²) < 4.78 is 1.35. The highest BCUT2D eigenvalue weighted by Crippen LogP contribution is 2.11. The molecular weight excluding hydrogens is 326 g/mol. The van der Waals surface area contributed by atoms with Crippen LogP contribution in [0, 0.1) is 6.92 Å². The molecule has 0 spiro atoms. The van der Waals surface area contributed by atoms with Crippen LogP contribution in [0.2, 0.25) is 0 Å². The van der Waals surface area contributed by atoms with Crippen LogP contribution in [0.25, 0.3) is 0 Å². The predicted molar refractivity (Wildman–Crippen MR) is 100 cm³/mol. The van der Waals surface area contributed by atoms with Crippen molar-refractivity contribution >= 4 is 5.91 Å². The van der Waals surface area contributed by atoms with E-state index in [0.29, 0.717) is 18.8 Å². The van der Waals surface area contributed by atoms with Gasteiger partial charge in [-0.3, -0.25) is 14.2 Å². The summed E-state index contributed by atoms with van der Waals surface area (Å²) in [7, 11) is 0. The first-order valence-corrected chi connectivity index (χ1v) is 8.50. The molecule has 1 heterocycles. The van der Waals surface area contributed by atoms with Gasteiger partial charge in [-0.25, -0.2) is 4.98 Å². The predicted octanol–water partition coefficient (Wildman–Crippen LogP) is 2.78. The van der Waals surface area contributed by atoms with Crippen molar-refractivity contribution in [2.45, 2.75) is 26.6 Å². The Balaban J connectivity index is 1.81. The fourth-order valence-electron chi connectivity index (χ4n) is 2.72. The molecule has 1 amide bonds. The van der Waals surface area contributed by atoms with Gasteiger partial charge in [0.25, 0.3) is 5.56 Å². The number of hydrogen-bond donors (Lipinski definition) is 0. The highest BCUT2D eigenvalue weighted by Gasteiger charge is 2.16. The van der Waals surface area contributed by atoms with Gasteiger partial charge in [0, 0.05) is 24.8 Å². The third-order valence-corrected chi connectivity index (χ3v) is 4.11. The molecular formula is C21H21N3O2. The molecule has 0 saturated carbocycles. The zero-order valence-electron chi connectivity index (χ0n) is 14.7. The first-order chi connectivity index (χ1) is 12.6. The monoisotopic (exact) mass is 347 g/mol. The van der Waals surface area contributed by atoms with E-state index in [1.807, 2.05) is 60.7 Å². The largest absolute Gasteiger partial charge is 0.332 e. The minimum absolute atomic E-state index is 0.0220. The van der Waals surface area contributed by atoms with Crippen molar-refractivity contribution in [1.82, 2.24) is 14.5 Å². The number of aromatic nitrogens is 2. The summed E-state index contributed by atoms with van der Waals surface area (Å²) in [5.41, 5.74) is 2.52. The van der Waals surface area contributed by atoms with Gasteiger partial charge in [-0.15, -0.1) is 0 Å². The van der Waals surface area contributed by atoms with Gasteiger partial charge in [0.05, 0.1) is 6.33 Å². The van der Waals surface area contributed by atoms with Crippen LogP contribution < -0.4 is 5.56 Å². The zero-order chi connectivity index (χ0) is 18.4. The Hall–Kier alpha value is -3.21. The van der Waals surface area contributed by atoms with Gasteiger partial charge in [-0.05, 0) is 18.1 Å². The van der Waals surface area contributed by atoms with Crippen LogP contribution in [0.4, 0.5) is 0 Å². The number of benzene rings is 2. The first kappa shape index (κ1) is 17.6. The lowest BCUT2D eigenvalue weighted by molar-refractivity contribution is -0.133. The molecule has 0 radical (unpaired) electrons. The molecule has 5 nitrogen and oxygen atoms in total. The van der Waals surface area contributed by atoms with E-state index < -0.39 is 0 Å². The highest BCUT2D eigenvalue weighted by atomic mass is 16.2. The molecule has 0 bridgehead atoms. The molecule has 0 fully saturated rings. The van der Waals surface area contributed by atoms with E-state index in [2.05, 4.69) is 4.98 Å². The molecule has 3 aromatic rings. The summed E-state index contributed by atoms with van der Waals surface area (Å²) in [6.07, 6.45) is 1.43. The third-order valence-electron chi connectivity index (χ3n) is 4.11. The molecule has 5 heteroatoms. The van der Waals surface area contributed by atoms with Crippen molar-refractivity contribution in [3.8, 4) is 0 Å².